The Morgan fingerprint density at radius 3 is 2.54 bits per heavy atom. The van der Waals surface area contributed by atoms with Crippen molar-refractivity contribution in [3.05, 3.63) is 0 Å². The second kappa shape index (κ2) is 3.97. The van der Waals surface area contributed by atoms with Crippen molar-refractivity contribution in [1.82, 2.24) is 10.2 Å². The lowest BCUT2D eigenvalue weighted by Gasteiger charge is -2.16. The van der Waals surface area contributed by atoms with Crippen LogP contribution in [0.15, 0.2) is 0 Å². The van der Waals surface area contributed by atoms with Gasteiger partial charge in [-0.3, -0.25) is 0 Å². The SMILES string of the molecule is CC1(CNCCN2CCCC2)CC1. The molecule has 13 heavy (non-hydrogen) atoms. The molecule has 0 unspecified atom stereocenters. The number of hydrogen-bond acceptors (Lipinski definition) is 2. The molecule has 2 aliphatic rings. The van der Waals surface area contributed by atoms with Gasteiger partial charge < -0.3 is 10.2 Å². The van der Waals surface area contributed by atoms with Gasteiger partial charge in [-0.05, 0) is 44.2 Å². The molecule has 0 bridgehead atoms. The van der Waals surface area contributed by atoms with Gasteiger partial charge in [0.05, 0.1) is 0 Å². The average molecular weight is 182 g/mol. The first-order valence-electron chi connectivity index (χ1n) is 5.72. The molecule has 1 saturated carbocycles. The number of nitrogens with zero attached hydrogens (tertiary/aromatic N) is 1. The maximum atomic E-state index is 3.57. The van der Waals surface area contributed by atoms with Crippen LogP contribution in [0.25, 0.3) is 0 Å². The molecule has 0 aromatic rings. The number of likely N-dealkylation sites (tertiary alicyclic amines) is 1. The van der Waals surface area contributed by atoms with Crippen LogP contribution in [-0.4, -0.2) is 37.6 Å². The lowest BCUT2D eigenvalue weighted by atomic mass is 10.1. The monoisotopic (exact) mass is 182 g/mol. The van der Waals surface area contributed by atoms with Crippen LogP contribution in [0.3, 0.4) is 0 Å². The quantitative estimate of drug-likeness (QED) is 0.648. The minimum atomic E-state index is 0.672. The molecule has 0 aromatic heterocycles. The Balaban J connectivity index is 1.48. The number of nitrogens with one attached hydrogen (secondary N) is 1. The summed E-state index contributed by atoms with van der Waals surface area (Å²) in [5, 5.41) is 3.57. The van der Waals surface area contributed by atoms with Crippen molar-refractivity contribution >= 4 is 0 Å². The summed E-state index contributed by atoms with van der Waals surface area (Å²) < 4.78 is 0. The topological polar surface area (TPSA) is 15.3 Å². The van der Waals surface area contributed by atoms with E-state index in [9.17, 15) is 0 Å². The van der Waals surface area contributed by atoms with Crippen LogP contribution < -0.4 is 5.32 Å². The van der Waals surface area contributed by atoms with E-state index in [2.05, 4.69) is 17.1 Å². The molecule has 2 heteroatoms. The highest BCUT2D eigenvalue weighted by atomic mass is 15.1. The first-order valence-corrected chi connectivity index (χ1v) is 5.72. The van der Waals surface area contributed by atoms with Gasteiger partial charge in [-0.1, -0.05) is 6.92 Å². The van der Waals surface area contributed by atoms with Crippen LogP contribution in [0.5, 0.6) is 0 Å². The van der Waals surface area contributed by atoms with E-state index in [0.29, 0.717) is 5.41 Å². The summed E-state index contributed by atoms with van der Waals surface area (Å²) in [6, 6.07) is 0. The Morgan fingerprint density at radius 2 is 1.92 bits per heavy atom. The van der Waals surface area contributed by atoms with E-state index in [1.54, 1.807) is 0 Å². The Kier molecular flexibility index (Phi) is 2.89. The van der Waals surface area contributed by atoms with Gasteiger partial charge in [0.15, 0.2) is 0 Å². The Bertz CT molecular complexity index is 157. The van der Waals surface area contributed by atoms with Crippen LogP contribution in [0.2, 0.25) is 0 Å². The standard InChI is InChI=1S/C11H22N2/c1-11(4-5-11)10-12-6-9-13-7-2-3-8-13/h12H,2-10H2,1H3. The lowest BCUT2D eigenvalue weighted by Crippen LogP contribution is -2.32. The number of hydrogen-bond donors (Lipinski definition) is 1. The summed E-state index contributed by atoms with van der Waals surface area (Å²) in [4.78, 5) is 2.57. The fourth-order valence-electron chi connectivity index (χ4n) is 2.02. The molecule has 2 rings (SSSR count). The van der Waals surface area contributed by atoms with Gasteiger partial charge in [0.1, 0.15) is 0 Å². The zero-order valence-electron chi connectivity index (χ0n) is 8.81. The van der Waals surface area contributed by atoms with E-state index in [1.807, 2.05) is 0 Å². The first-order chi connectivity index (χ1) is 6.29. The van der Waals surface area contributed by atoms with E-state index in [-0.39, 0.29) is 0 Å². The third-order valence-electron chi connectivity index (χ3n) is 3.46. The summed E-state index contributed by atoms with van der Waals surface area (Å²) in [6.45, 7) is 8.74. The molecule has 2 fully saturated rings. The molecule has 0 amide bonds. The highest BCUT2D eigenvalue weighted by molar-refractivity contribution is 4.90. The van der Waals surface area contributed by atoms with Gasteiger partial charge in [-0.2, -0.15) is 0 Å². The highest BCUT2D eigenvalue weighted by Crippen LogP contribution is 2.43. The maximum absolute atomic E-state index is 3.57. The van der Waals surface area contributed by atoms with Crippen LogP contribution in [0.1, 0.15) is 32.6 Å². The largest absolute Gasteiger partial charge is 0.315 e. The smallest absolute Gasteiger partial charge is 0.0107 e. The molecular formula is C11H22N2. The normalized spacial score (nSPS) is 26.5. The third kappa shape index (κ3) is 2.96. The zero-order chi connectivity index (χ0) is 9.15. The summed E-state index contributed by atoms with van der Waals surface area (Å²) in [5.41, 5.74) is 0.672. The molecular weight excluding hydrogens is 160 g/mol. The Hall–Kier alpha value is -0.0800. The molecule has 0 radical (unpaired) electrons. The first kappa shape index (κ1) is 9.47. The molecule has 1 aliphatic heterocycles. The van der Waals surface area contributed by atoms with Gasteiger partial charge >= 0.3 is 0 Å². The molecule has 1 heterocycles. The highest BCUT2D eigenvalue weighted by Gasteiger charge is 2.36. The Morgan fingerprint density at radius 1 is 1.23 bits per heavy atom. The van der Waals surface area contributed by atoms with Crippen molar-refractivity contribution in [3.8, 4) is 0 Å². The van der Waals surface area contributed by atoms with Gasteiger partial charge in [-0.15, -0.1) is 0 Å². The molecule has 2 nitrogen and oxygen atoms in total. The van der Waals surface area contributed by atoms with Crippen molar-refractivity contribution in [2.45, 2.75) is 32.6 Å². The van der Waals surface area contributed by atoms with Gasteiger partial charge in [0.25, 0.3) is 0 Å². The van der Waals surface area contributed by atoms with Crippen LogP contribution in [0.4, 0.5) is 0 Å². The second-order valence-corrected chi connectivity index (χ2v) is 5.04. The van der Waals surface area contributed by atoms with Crippen molar-refractivity contribution in [3.63, 3.8) is 0 Å². The van der Waals surface area contributed by atoms with Crippen LogP contribution in [-0.2, 0) is 0 Å². The van der Waals surface area contributed by atoms with E-state index >= 15 is 0 Å². The predicted molar refractivity (Wildman–Crippen MR) is 55.9 cm³/mol. The van der Waals surface area contributed by atoms with Crippen LogP contribution >= 0.6 is 0 Å². The maximum Gasteiger partial charge on any atom is 0.0107 e. The van der Waals surface area contributed by atoms with Crippen molar-refractivity contribution in [2.75, 3.05) is 32.7 Å². The van der Waals surface area contributed by atoms with Gasteiger partial charge in [-0.25, -0.2) is 0 Å². The zero-order valence-corrected chi connectivity index (χ0v) is 8.81. The summed E-state index contributed by atoms with van der Waals surface area (Å²) >= 11 is 0. The molecule has 1 N–H and O–H groups in total. The molecule has 1 saturated heterocycles. The fourth-order valence-corrected chi connectivity index (χ4v) is 2.02. The molecule has 0 spiro atoms. The van der Waals surface area contributed by atoms with Gasteiger partial charge in [0.2, 0.25) is 0 Å². The van der Waals surface area contributed by atoms with Crippen LogP contribution in [0, 0.1) is 5.41 Å². The van der Waals surface area contributed by atoms with E-state index in [0.717, 1.165) is 0 Å². The molecule has 1 aliphatic carbocycles. The molecule has 76 valence electrons. The van der Waals surface area contributed by atoms with E-state index in [4.69, 9.17) is 0 Å². The summed E-state index contributed by atoms with van der Waals surface area (Å²) in [5.74, 6) is 0. The Labute approximate surface area is 81.7 Å². The van der Waals surface area contributed by atoms with E-state index in [1.165, 1.54) is 58.4 Å². The molecule has 0 aromatic carbocycles. The average Bonchev–Trinajstić information content (AvgIpc) is 2.69. The van der Waals surface area contributed by atoms with Crippen molar-refractivity contribution < 1.29 is 0 Å². The fraction of sp³-hybridized carbons (Fsp3) is 1.00. The summed E-state index contributed by atoms with van der Waals surface area (Å²) in [6.07, 6.45) is 5.70. The second-order valence-electron chi connectivity index (χ2n) is 5.04. The van der Waals surface area contributed by atoms with Crippen molar-refractivity contribution in [2.24, 2.45) is 5.41 Å². The number of rotatable bonds is 5. The lowest BCUT2D eigenvalue weighted by molar-refractivity contribution is 0.330. The third-order valence-corrected chi connectivity index (χ3v) is 3.46. The minimum Gasteiger partial charge on any atom is -0.315 e. The summed E-state index contributed by atoms with van der Waals surface area (Å²) in [7, 11) is 0. The van der Waals surface area contributed by atoms with Crippen molar-refractivity contribution in [1.29, 1.82) is 0 Å². The van der Waals surface area contributed by atoms with Gasteiger partial charge in [0, 0.05) is 19.6 Å². The van der Waals surface area contributed by atoms with E-state index < -0.39 is 0 Å². The minimum absolute atomic E-state index is 0.672. The predicted octanol–water partition coefficient (Wildman–Crippen LogP) is 1.47. The molecule has 0 atom stereocenters.